The van der Waals surface area contributed by atoms with E-state index in [0.717, 1.165) is 28.1 Å². The van der Waals surface area contributed by atoms with Crippen LogP contribution in [-0.4, -0.2) is 22.1 Å². The van der Waals surface area contributed by atoms with Crippen molar-refractivity contribution in [1.82, 2.24) is 9.55 Å². The number of ether oxygens (including phenoxy) is 1. The van der Waals surface area contributed by atoms with E-state index in [2.05, 4.69) is 10.3 Å². The Hall–Kier alpha value is -3.45. The predicted octanol–water partition coefficient (Wildman–Crippen LogP) is 4.47. The number of aryl methyl sites for hydroxylation is 1. The number of fused-ring (bicyclic) bond motifs is 1. The molecule has 0 bridgehead atoms. The molecule has 0 aliphatic rings. The van der Waals surface area contributed by atoms with Gasteiger partial charge in [0.05, 0.1) is 18.3 Å². The van der Waals surface area contributed by atoms with Gasteiger partial charge in [-0.1, -0.05) is 30.3 Å². The quantitative estimate of drug-likeness (QED) is 0.500. The van der Waals surface area contributed by atoms with Gasteiger partial charge < -0.3 is 10.1 Å². The molecule has 0 spiro atoms. The summed E-state index contributed by atoms with van der Waals surface area (Å²) < 4.78 is 6.84. The van der Waals surface area contributed by atoms with E-state index in [1.807, 2.05) is 67.8 Å². The number of carbonyl (C=O) groups excluding carboxylic acids is 1. The van der Waals surface area contributed by atoms with Crippen LogP contribution < -0.4 is 15.6 Å². The van der Waals surface area contributed by atoms with E-state index in [1.54, 1.807) is 0 Å². The second-order valence-electron chi connectivity index (χ2n) is 6.83. The second-order valence-corrected chi connectivity index (χ2v) is 7.69. The van der Waals surface area contributed by atoms with Gasteiger partial charge in [0, 0.05) is 16.6 Å². The number of nitrogens with zero attached hydrogens (tertiary/aromatic N) is 2. The first-order chi connectivity index (χ1) is 14.6. The molecule has 2 aromatic carbocycles. The maximum Gasteiger partial charge on any atom is 0.263 e. The third-order valence-electron chi connectivity index (χ3n) is 4.77. The van der Waals surface area contributed by atoms with Gasteiger partial charge in [0.15, 0.2) is 0 Å². The lowest BCUT2D eigenvalue weighted by Gasteiger charge is -2.10. The molecule has 4 aromatic rings. The molecule has 4 rings (SSSR count). The fourth-order valence-corrected chi connectivity index (χ4v) is 4.15. The summed E-state index contributed by atoms with van der Waals surface area (Å²) in [7, 11) is 0. The molecule has 0 radical (unpaired) electrons. The Balaban J connectivity index is 1.63. The van der Waals surface area contributed by atoms with Crippen LogP contribution in [-0.2, 0) is 11.3 Å². The van der Waals surface area contributed by atoms with Crippen LogP contribution in [0.1, 0.15) is 12.5 Å². The van der Waals surface area contributed by atoms with E-state index >= 15 is 0 Å². The first kappa shape index (κ1) is 19.8. The molecule has 2 heterocycles. The van der Waals surface area contributed by atoms with Crippen LogP contribution in [0, 0.1) is 6.92 Å². The van der Waals surface area contributed by atoms with Crippen molar-refractivity contribution in [2.45, 2.75) is 20.4 Å². The summed E-state index contributed by atoms with van der Waals surface area (Å²) in [6, 6.07) is 15.1. The van der Waals surface area contributed by atoms with Crippen LogP contribution in [0.5, 0.6) is 5.75 Å². The molecule has 0 saturated heterocycles. The van der Waals surface area contributed by atoms with Gasteiger partial charge in [-0.2, -0.15) is 0 Å². The maximum absolute atomic E-state index is 13.1. The molecule has 0 aliphatic carbocycles. The minimum Gasteiger partial charge on any atom is -0.494 e. The summed E-state index contributed by atoms with van der Waals surface area (Å²) in [6.45, 7) is 4.35. The highest BCUT2D eigenvalue weighted by Crippen LogP contribution is 2.31. The Bertz CT molecular complexity index is 1260. The molecule has 0 unspecified atom stereocenters. The molecule has 1 N–H and O–H groups in total. The number of amides is 1. The number of hydrogen-bond acceptors (Lipinski definition) is 5. The molecule has 0 fully saturated rings. The highest BCUT2D eigenvalue weighted by Gasteiger charge is 2.15. The molecule has 0 saturated carbocycles. The highest BCUT2D eigenvalue weighted by atomic mass is 32.1. The summed E-state index contributed by atoms with van der Waals surface area (Å²) in [5.41, 5.74) is 3.18. The monoisotopic (exact) mass is 419 g/mol. The van der Waals surface area contributed by atoms with Crippen LogP contribution >= 0.6 is 11.3 Å². The molecule has 30 heavy (non-hydrogen) atoms. The van der Waals surface area contributed by atoms with Crippen molar-refractivity contribution in [1.29, 1.82) is 0 Å². The molecule has 1 amide bonds. The van der Waals surface area contributed by atoms with Gasteiger partial charge in [0.25, 0.3) is 5.56 Å². The zero-order valence-corrected chi connectivity index (χ0v) is 17.5. The molecule has 0 atom stereocenters. The molecule has 2 aromatic heterocycles. The fourth-order valence-electron chi connectivity index (χ4n) is 3.25. The number of anilines is 1. The number of aromatic nitrogens is 2. The zero-order valence-electron chi connectivity index (χ0n) is 16.7. The van der Waals surface area contributed by atoms with Crippen molar-refractivity contribution < 1.29 is 9.53 Å². The summed E-state index contributed by atoms with van der Waals surface area (Å²) in [5, 5.41) is 5.30. The van der Waals surface area contributed by atoms with Crippen molar-refractivity contribution >= 4 is 33.1 Å². The van der Waals surface area contributed by atoms with Gasteiger partial charge in [-0.25, -0.2) is 4.98 Å². The van der Waals surface area contributed by atoms with E-state index in [1.165, 1.54) is 22.2 Å². The zero-order chi connectivity index (χ0) is 21.1. The Labute approximate surface area is 177 Å². The molecule has 152 valence electrons. The van der Waals surface area contributed by atoms with Gasteiger partial charge in [-0.05, 0) is 43.2 Å². The summed E-state index contributed by atoms with van der Waals surface area (Å²) in [4.78, 5) is 30.7. The van der Waals surface area contributed by atoms with Crippen molar-refractivity contribution in [2.75, 3.05) is 11.9 Å². The van der Waals surface area contributed by atoms with E-state index in [-0.39, 0.29) is 18.0 Å². The molecule has 0 aliphatic heterocycles. The largest absolute Gasteiger partial charge is 0.494 e. The number of carbonyl (C=O) groups is 1. The van der Waals surface area contributed by atoms with Crippen LogP contribution in [0.2, 0.25) is 0 Å². The average Bonchev–Trinajstić information content (AvgIpc) is 3.18. The van der Waals surface area contributed by atoms with E-state index in [9.17, 15) is 9.59 Å². The van der Waals surface area contributed by atoms with Gasteiger partial charge in [0.1, 0.15) is 17.1 Å². The molecule has 6 nitrogen and oxygen atoms in total. The van der Waals surface area contributed by atoms with Gasteiger partial charge in [0.2, 0.25) is 5.91 Å². The van der Waals surface area contributed by atoms with Crippen molar-refractivity contribution in [3.8, 4) is 16.9 Å². The van der Waals surface area contributed by atoms with Gasteiger partial charge >= 0.3 is 0 Å². The molecular weight excluding hydrogens is 398 g/mol. The minimum absolute atomic E-state index is 0.103. The van der Waals surface area contributed by atoms with E-state index < -0.39 is 0 Å². The smallest absolute Gasteiger partial charge is 0.263 e. The summed E-state index contributed by atoms with van der Waals surface area (Å²) >= 11 is 1.41. The number of benzene rings is 2. The number of nitrogens with one attached hydrogen (secondary N) is 1. The average molecular weight is 420 g/mol. The topological polar surface area (TPSA) is 73.2 Å². The molecule has 7 heteroatoms. The lowest BCUT2D eigenvalue weighted by Crippen LogP contribution is -2.28. The summed E-state index contributed by atoms with van der Waals surface area (Å²) in [5.74, 6) is 0.509. The first-order valence-electron chi connectivity index (χ1n) is 9.62. The van der Waals surface area contributed by atoms with Gasteiger partial charge in [-0.15, -0.1) is 11.3 Å². The second kappa shape index (κ2) is 8.51. The van der Waals surface area contributed by atoms with Crippen molar-refractivity contribution in [2.24, 2.45) is 0 Å². The Morgan fingerprint density at radius 1 is 1.17 bits per heavy atom. The van der Waals surface area contributed by atoms with Crippen molar-refractivity contribution in [3.63, 3.8) is 0 Å². The highest BCUT2D eigenvalue weighted by molar-refractivity contribution is 7.17. The maximum atomic E-state index is 13.1. The van der Waals surface area contributed by atoms with Gasteiger partial charge in [-0.3, -0.25) is 14.2 Å². The molecular formula is C23H21N3O3S. The number of rotatable bonds is 6. The lowest BCUT2D eigenvalue weighted by atomic mass is 10.1. The van der Waals surface area contributed by atoms with E-state index in [0.29, 0.717) is 16.8 Å². The van der Waals surface area contributed by atoms with Crippen molar-refractivity contribution in [3.05, 3.63) is 76.2 Å². The Morgan fingerprint density at radius 3 is 2.67 bits per heavy atom. The van der Waals surface area contributed by atoms with Crippen LogP contribution in [0.15, 0.2) is 65.0 Å². The SMILES string of the molecule is CCOc1ccc(-c2csc3ncn(CC(=O)Nc4ccccc4C)c(=O)c23)cc1. The van der Waals surface area contributed by atoms with E-state index in [4.69, 9.17) is 4.74 Å². The Morgan fingerprint density at radius 2 is 1.93 bits per heavy atom. The minimum atomic E-state index is -0.273. The van der Waals surface area contributed by atoms with Crippen LogP contribution in [0.4, 0.5) is 5.69 Å². The van der Waals surface area contributed by atoms with Crippen LogP contribution in [0.25, 0.3) is 21.3 Å². The number of hydrogen-bond donors (Lipinski definition) is 1. The standard InChI is InChI=1S/C23H21N3O3S/c1-3-29-17-10-8-16(9-11-17)18-13-30-22-21(18)23(28)26(14-24-22)12-20(27)25-19-7-5-4-6-15(19)2/h4-11,13-14H,3,12H2,1-2H3,(H,25,27). The number of para-hydroxylation sites is 1. The normalized spacial score (nSPS) is 10.9. The predicted molar refractivity (Wildman–Crippen MR) is 120 cm³/mol. The first-order valence-corrected chi connectivity index (χ1v) is 10.5. The number of thiophene rings is 1. The summed E-state index contributed by atoms with van der Waals surface area (Å²) in [6.07, 6.45) is 1.43. The Kier molecular flexibility index (Phi) is 5.63. The third-order valence-corrected chi connectivity index (χ3v) is 5.66. The fraction of sp³-hybridized carbons (Fsp3) is 0.174. The lowest BCUT2D eigenvalue weighted by molar-refractivity contribution is -0.116. The van der Waals surface area contributed by atoms with Crippen LogP contribution in [0.3, 0.4) is 0 Å². The third kappa shape index (κ3) is 3.97.